The van der Waals surface area contributed by atoms with E-state index in [1.54, 1.807) is 0 Å². The Morgan fingerprint density at radius 2 is 2.00 bits per heavy atom. The van der Waals surface area contributed by atoms with Crippen molar-refractivity contribution in [1.82, 2.24) is 10.3 Å². The molecule has 0 saturated carbocycles. The molecule has 1 amide bonds. The zero-order valence-electron chi connectivity index (χ0n) is 16.0. The van der Waals surface area contributed by atoms with Gasteiger partial charge in [-0.2, -0.15) is 0 Å². The molecule has 0 unspecified atom stereocenters. The van der Waals surface area contributed by atoms with E-state index in [0.717, 1.165) is 56.0 Å². The Labute approximate surface area is 165 Å². The lowest BCUT2D eigenvalue weighted by atomic mass is 10.1. The summed E-state index contributed by atoms with van der Waals surface area (Å²) in [7, 11) is 0. The third kappa shape index (κ3) is 8.13. The number of nitrogens with one attached hydrogen (secondary N) is 3. The van der Waals surface area contributed by atoms with Crippen LogP contribution in [0.1, 0.15) is 37.9 Å². The summed E-state index contributed by atoms with van der Waals surface area (Å²) in [6.45, 7) is 5.22. The zero-order chi connectivity index (χ0) is 19.5. The summed E-state index contributed by atoms with van der Waals surface area (Å²) >= 11 is 1.46. The summed E-state index contributed by atoms with van der Waals surface area (Å²) in [5.41, 5.74) is 9.23. The molecule has 7 heteroatoms. The molecule has 0 atom stereocenters. The molecule has 27 heavy (non-hydrogen) atoms. The number of aryl methyl sites for hydroxylation is 2. The Hall–Kier alpha value is -2.54. The van der Waals surface area contributed by atoms with Gasteiger partial charge < -0.3 is 21.7 Å². The molecule has 1 heterocycles. The molecule has 0 aliphatic rings. The summed E-state index contributed by atoms with van der Waals surface area (Å²) in [4.78, 5) is 15.5. The minimum Gasteiger partial charge on any atom is -0.386 e. The molecule has 0 aliphatic carbocycles. The first-order valence-corrected chi connectivity index (χ1v) is 10.2. The summed E-state index contributed by atoms with van der Waals surface area (Å²) in [6.07, 6.45) is 5.91. The van der Waals surface area contributed by atoms with Crippen LogP contribution in [-0.4, -0.2) is 24.0 Å². The summed E-state index contributed by atoms with van der Waals surface area (Å²) < 4.78 is 0. The predicted molar refractivity (Wildman–Crippen MR) is 114 cm³/mol. The minimum atomic E-state index is -0.0890. The van der Waals surface area contributed by atoms with E-state index in [-0.39, 0.29) is 5.91 Å². The number of rotatable bonds is 11. The van der Waals surface area contributed by atoms with Gasteiger partial charge in [0.05, 0.1) is 11.5 Å². The van der Waals surface area contributed by atoms with Crippen LogP contribution < -0.4 is 21.7 Å². The van der Waals surface area contributed by atoms with Gasteiger partial charge >= 0.3 is 0 Å². The van der Waals surface area contributed by atoms with Gasteiger partial charge in [-0.1, -0.05) is 25.5 Å². The number of nitrogens with two attached hydrogens (primary N) is 1. The number of benzene rings is 1. The zero-order valence-corrected chi connectivity index (χ0v) is 16.9. The SMILES string of the molecule is CCCC=C(N)NCCNc1ccc(CCc2csc(NC(C)=O)n2)cc1. The average Bonchev–Trinajstić information content (AvgIpc) is 3.09. The Kier molecular flexibility index (Phi) is 8.64. The van der Waals surface area contributed by atoms with Gasteiger partial charge in [-0.05, 0) is 43.0 Å². The van der Waals surface area contributed by atoms with E-state index in [0.29, 0.717) is 5.13 Å². The Balaban J connectivity index is 1.70. The monoisotopic (exact) mass is 387 g/mol. The fourth-order valence-corrected chi connectivity index (χ4v) is 3.27. The standard InChI is InChI=1S/C20H29N5OS/c1-3-4-5-19(21)23-13-12-22-17-9-6-16(7-10-17)8-11-18-14-27-20(25-18)24-15(2)26/h5-7,9-10,14,22-23H,3-4,8,11-13,21H2,1-2H3,(H,24,25,26). The molecule has 0 spiro atoms. The highest BCUT2D eigenvalue weighted by Crippen LogP contribution is 2.17. The maximum absolute atomic E-state index is 11.0. The Bertz CT molecular complexity index is 739. The Morgan fingerprint density at radius 3 is 2.70 bits per heavy atom. The van der Waals surface area contributed by atoms with E-state index in [9.17, 15) is 4.79 Å². The van der Waals surface area contributed by atoms with Crippen LogP contribution in [0, 0.1) is 0 Å². The number of amides is 1. The quantitative estimate of drug-likeness (QED) is 0.443. The number of carbonyl (C=O) groups is 1. The second-order valence-electron chi connectivity index (χ2n) is 6.32. The van der Waals surface area contributed by atoms with Crippen LogP contribution >= 0.6 is 11.3 Å². The summed E-state index contributed by atoms with van der Waals surface area (Å²) in [6, 6.07) is 8.45. The average molecular weight is 388 g/mol. The van der Waals surface area contributed by atoms with Crippen LogP contribution in [0.25, 0.3) is 0 Å². The van der Waals surface area contributed by atoms with Gasteiger partial charge in [0.2, 0.25) is 5.91 Å². The Morgan fingerprint density at radius 1 is 1.22 bits per heavy atom. The highest BCUT2D eigenvalue weighted by molar-refractivity contribution is 7.13. The number of anilines is 2. The first-order chi connectivity index (χ1) is 13.1. The van der Waals surface area contributed by atoms with Gasteiger partial charge in [0.15, 0.2) is 5.13 Å². The normalized spacial score (nSPS) is 11.3. The van der Waals surface area contributed by atoms with Gasteiger partial charge in [0.25, 0.3) is 0 Å². The molecule has 1 aromatic heterocycles. The predicted octanol–water partition coefficient (Wildman–Crippen LogP) is 3.49. The lowest BCUT2D eigenvalue weighted by molar-refractivity contribution is -0.114. The molecule has 0 aliphatic heterocycles. The molecule has 6 nitrogen and oxygen atoms in total. The number of nitrogens with zero attached hydrogens (tertiary/aromatic N) is 1. The molecular formula is C20H29N5OS. The van der Waals surface area contributed by atoms with E-state index >= 15 is 0 Å². The van der Waals surface area contributed by atoms with Gasteiger partial charge in [0.1, 0.15) is 0 Å². The maximum atomic E-state index is 11.0. The maximum Gasteiger partial charge on any atom is 0.223 e. The lowest BCUT2D eigenvalue weighted by Crippen LogP contribution is -2.25. The number of aromatic nitrogens is 1. The first kappa shape index (κ1) is 20.8. The van der Waals surface area contributed by atoms with Crippen molar-refractivity contribution < 1.29 is 4.79 Å². The van der Waals surface area contributed by atoms with Crippen molar-refractivity contribution >= 4 is 28.1 Å². The van der Waals surface area contributed by atoms with Gasteiger partial charge in [0, 0.05) is 31.1 Å². The molecule has 0 bridgehead atoms. The number of unbranched alkanes of at least 4 members (excludes halogenated alkanes) is 1. The van der Waals surface area contributed by atoms with E-state index in [1.807, 2.05) is 11.5 Å². The highest BCUT2D eigenvalue weighted by atomic mass is 32.1. The number of hydrogen-bond donors (Lipinski definition) is 4. The second-order valence-corrected chi connectivity index (χ2v) is 7.18. The van der Waals surface area contributed by atoms with Crippen LogP contribution in [0.2, 0.25) is 0 Å². The molecular weight excluding hydrogens is 358 g/mol. The molecule has 1 aromatic carbocycles. The summed E-state index contributed by atoms with van der Waals surface area (Å²) in [5, 5.41) is 12.0. The number of thiazole rings is 1. The van der Waals surface area contributed by atoms with Crippen LogP contribution in [0.3, 0.4) is 0 Å². The highest BCUT2D eigenvalue weighted by Gasteiger charge is 2.04. The lowest BCUT2D eigenvalue weighted by Gasteiger charge is -2.09. The van der Waals surface area contributed by atoms with Gasteiger partial charge in [-0.25, -0.2) is 4.98 Å². The van der Waals surface area contributed by atoms with Crippen LogP contribution in [0.15, 0.2) is 41.5 Å². The molecule has 0 radical (unpaired) electrons. The van der Waals surface area contributed by atoms with Crippen molar-refractivity contribution in [2.75, 3.05) is 23.7 Å². The van der Waals surface area contributed by atoms with Crippen molar-refractivity contribution in [2.45, 2.75) is 39.5 Å². The smallest absolute Gasteiger partial charge is 0.223 e. The molecule has 146 valence electrons. The molecule has 5 N–H and O–H groups in total. The van der Waals surface area contributed by atoms with Crippen molar-refractivity contribution in [3.63, 3.8) is 0 Å². The van der Waals surface area contributed by atoms with E-state index in [2.05, 4.69) is 52.1 Å². The fourth-order valence-electron chi connectivity index (χ4n) is 2.48. The third-order valence-corrected chi connectivity index (χ3v) is 4.70. The molecule has 2 rings (SSSR count). The summed E-state index contributed by atoms with van der Waals surface area (Å²) in [5.74, 6) is 0.659. The number of carbonyl (C=O) groups excluding carboxylic acids is 1. The van der Waals surface area contributed by atoms with E-state index in [1.165, 1.54) is 23.8 Å². The fraction of sp³-hybridized carbons (Fsp3) is 0.400. The first-order valence-electron chi connectivity index (χ1n) is 9.31. The van der Waals surface area contributed by atoms with E-state index < -0.39 is 0 Å². The second kappa shape index (κ2) is 11.2. The van der Waals surface area contributed by atoms with Gasteiger partial charge in [-0.15, -0.1) is 11.3 Å². The van der Waals surface area contributed by atoms with Crippen LogP contribution in [-0.2, 0) is 17.6 Å². The minimum absolute atomic E-state index is 0.0890. The molecule has 0 fully saturated rings. The van der Waals surface area contributed by atoms with Crippen molar-refractivity contribution in [3.8, 4) is 0 Å². The van der Waals surface area contributed by atoms with Crippen LogP contribution in [0.5, 0.6) is 0 Å². The third-order valence-electron chi connectivity index (χ3n) is 3.89. The van der Waals surface area contributed by atoms with Crippen molar-refractivity contribution in [1.29, 1.82) is 0 Å². The largest absolute Gasteiger partial charge is 0.386 e. The molecule has 2 aromatic rings. The van der Waals surface area contributed by atoms with Crippen molar-refractivity contribution in [2.24, 2.45) is 5.73 Å². The van der Waals surface area contributed by atoms with Gasteiger partial charge in [-0.3, -0.25) is 4.79 Å². The topological polar surface area (TPSA) is 92.1 Å². The molecule has 0 saturated heterocycles. The van der Waals surface area contributed by atoms with Crippen molar-refractivity contribution in [3.05, 3.63) is 52.8 Å². The van der Waals surface area contributed by atoms with Crippen LogP contribution in [0.4, 0.5) is 10.8 Å². The number of hydrogen-bond acceptors (Lipinski definition) is 6. The van der Waals surface area contributed by atoms with E-state index in [4.69, 9.17) is 5.73 Å². The number of allylic oxidation sites excluding steroid dienone is 1.